The molecule has 2 heterocycles. The number of para-hydroxylation sites is 1. The predicted molar refractivity (Wildman–Crippen MR) is 99.0 cm³/mol. The van der Waals surface area contributed by atoms with Crippen LogP contribution in [-0.2, 0) is 11.3 Å². The van der Waals surface area contributed by atoms with Crippen LogP contribution in [0.4, 0.5) is 0 Å². The summed E-state index contributed by atoms with van der Waals surface area (Å²) in [5.74, 6) is 0.210. The number of carbonyl (C=O) groups is 1. The number of ether oxygens (including phenoxy) is 2. The van der Waals surface area contributed by atoms with E-state index in [1.54, 1.807) is 10.9 Å². The maximum atomic E-state index is 12.5. The Hall–Kier alpha value is -3.94. The fourth-order valence-corrected chi connectivity index (χ4v) is 2.57. The van der Waals surface area contributed by atoms with Crippen molar-refractivity contribution < 1.29 is 18.7 Å². The third-order valence-electron chi connectivity index (χ3n) is 3.93. The number of carbonyl (C=O) groups excluding carboxylic acids is 1. The van der Waals surface area contributed by atoms with Crippen LogP contribution in [0.1, 0.15) is 16.4 Å². The molecule has 0 aliphatic rings. The van der Waals surface area contributed by atoms with Crippen LogP contribution in [0.15, 0.2) is 71.3 Å². The Bertz CT molecular complexity index is 1070. The lowest BCUT2D eigenvalue weighted by Gasteiger charge is -2.01. The summed E-state index contributed by atoms with van der Waals surface area (Å²) in [5, 5.41) is 12.1. The molecule has 0 saturated carbocycles. The molecule has 0 aliphatic heterocycles. The SMILES string of the molecule is COc1cn(-c2ccccc2)nc1C(=O)OCc1nnc(-c2ccccc2)o1. The van der Waals surface area contributed by atoms with Gasteiger partial charge in [-0.1, -0.05) is 36.4 Å². The number of benzene rings is 2. The third-order valence-corrected chi connectivity index (χ3v) is 3.93. The first-order valence-corrected chi connectivity index (χ1v) is 8.48. The van der Waals surface area contributed by atoms with Gasteiger partial charge in [-0.15, -0.1) is 10.2 Å². The van der Waals surface area contributed by atoms with E-state index < -0.39 is 5.97 Å². The summed E-state index contributed by atoms with van der Waals surface area (Å²) < 4.78 is 17.6. The van der Waals surface area contributed by atoms with Crippen molar-refractivity contribution in [1.29, 1.82) is 0 Å². The smallest absolute Gasteiger partial charge is 0.363 e. The second kappa shape index (κ2) is 7.75. The summed E-state index contributed by atoms with van der Waals surface area (Å²) in [6.45, 7) is -0.167. The van der Waals surface area contributed by atoms with Crippen LogP contribution >= 0.6 is 0 Å². The van der Waals surface area contributed by atoms with E-state index in [1.807, 2.05) is 60.7 Å². The molecule has 8 heteroatoms. The lowest BCUT2D eigenvalue weighted by atomic mass is 10.2. The average Bonchev–Trinajstić information content (AvgIpc) is 3.40. The number of esters is 1. The quantitative estimate of drug-likeness (QED) is 0.477. The van der Waals surface area contributed by atoms with Crippen molar-refractivity contribution in [2.24, 2.45) is 0 Å². The van der Waals surface area contributed by atoms with Crippen LogP contribution in [0.5, 0.6) is 5.75 Å². The lowest BCUT2D eigenvalue weighted by molar-refractivity contribution is 0.0427. The van der Waals surface area contributed by atoms with Gasteiger partial charge in [-0.2, -0.15) is 5.10 Å². The number of hydrogen-bond donors (Lipinski definition) is 0. The molecule has 0 radical (unpaired) electrons. The van der Waals surface area contributed by atoms with E-state index in [2.05, 4.69) is 15.3 Å². The van der Waals surface area contributed by atoms with Gasteiger partial charge in [0.05, 0.1) is 19.0 Å². The number of rotatable bonds is 6. The molecule has 0 N–H and O–H groups in total. The van der Waals surface area contributed by atoms with Gasteiger partial charge in [0.25, 0.3) is 5.89 Å². The topological polar surface area (TPSA) is 92.3 Å². The Morgan fingerprint density at radius 3 is 2.46 bits per heavy atom. The predicted octanol–water partition coefficient (Wildman–Crippen LogP) is 3.29. The second-order valence-electron chi connectivity index (χ2n) is 5.77. The summed E-state index contributed by atoms with van der Waals surface area (Å²) >= 11 is 0. The molecule has 0 bridgehead atoms. The van der Waals surface area contributed by atoms with Crippen molar-refractivity contribution in [3.8, 4) is 22.9 Å². The minimum absolute atomic E-state index is 0.0640. The molecule has 4 aromatic rings. The Balaban J connectivity index is 1.47. The molecule has 8 nitrogen and oxygen atoms in total. The Labute approximate surface area is 160 Å². The number of aromatic nitrogens is 4. The molecule has 0 saturated heterocycles. The zero-order chi connectivity index (χ0) is 19.3. The number of hydrogen-bond acceptors (Lipinski definition) is 7. The molecule has 2 aromatic heterocycles. The molecule has 0 amide bonds. The maximum absolute atomic E-state index is 12.5. The molecular formula is C20H16N4O4. The van der Waals surface area contributed by atoms with E-state index >= 15 is 0 Å². The lowest BCUT2D eigenvalue weighted by Crippen LogP contribution is -2.08. The van der Waals surface area contributed by atoms with Crippen molar-refractivity contribution in [1.82, 2.24) is 20.0 Å². The van der Waals surface area contributed by atoms with E-state index in [1.165, 1.54) is 7.11 Å². The Kier molecular flexibility index (Phi) is 4.83. The molecule has 140 valence electrons. The number of methoxy groups -OCH3 is 1. The van der Waals surface area contributed by atoms with Gasteiger partial charge in [0.15, 0.2) is 12.4 Å². The summed E-state index contributed by atoms with van der Waals surface area (Å²) in [7, 11) is 1.47. The van der Waals surface area contributed by atoms with Crippen molar-refractivity contribution in [3.05, 3.63) is 78.4 Å². The van der Waals surface area contributed by atoms with Gasteiger partial charge in [-0.3, -0.25) is 0 Å². The normalized spacial score (nSPS) is 10.6. The Morgan fingerprint density at radius 1 is 1.04 bits per heavy atom. The first-order chi connectivity index (χ1) is 13.7. The van der Waals surface area contributed by atoms with Gasteiger partial charge in [0, 0.05) is 5.56 Å². The fourth-order valence-electron chi connectivity index (χ4n) is 2.57. The van der Waals surface area contributed by atoms with E-state index in [0.717, 1.165) is 11.3 Å². The second-order valence-corrected chi connectivity index (χ2v) is 5.77. The van der Waals surface area contributed by atoms with Gasteiger partial charge < -0.3 is 13.9 Å². The standard InChI is InChI=1S/C20H16N4O4/c1-26-16-12-24(15-10-6-3-7-11-15)23-18(16)20(25)27-13-17-21-22-19(28-17)14-8-4-2-5-9-14/h2-12H,13H2,1H3. The highest BCUT2D eigenvalue weighted by atomic mass is 16.5. The molecule has 0 atom stereocenters. The Morgan fingerprint density at radius 2 is 1.75 bits per heavy atom. The summed E-state index contributed by atoms with van der Waals surface area (Å²) in [5.41, 5.74) is 1.65. The van der Waals surface area contributed by atoms with Crippen LogP contribution in [0.25, 0.3) is 17.1 Å². The van der Waals surface area contributed by atoms with Crippen LogP contribution in [0.3, 0.4) is 0 Å². The molecule has 0 spiro atoms. The fraction of sp³-hybridized carbons (Fsp3) is 0.100. The zero-order valence-corrected chi connectivity index (χ0v) is 15.0. The molecular weight excluding hydrogens is 360 g/mol. The minimum Gasteiger partial charge on any atom is -0.493 e. The van der Waals surface area contributed by atoms with E-state index in [4.69, 9.17) is 13.9 Å². The van der Waals surface area contributed by atoms with Gasteiger partial charge in [-0.25, -0.2) is 9.48 Å². The van der Waals surface area contributed by atoms with Crippen molar-refractivity contribution in [3.63, 3.8) is 0 Å². The van der Waals surface area contributed by atoms with Crippen LogP contribution in [-0.4, -0.2) is 33.1 Å². The first-order valence-electron chi connectivity index (χ1n) is 8.48. The van der Waals surface area contributed by atoms with Crippen molar-refractivity contribution >= 4 is 5.97 Å². The van der Waals surface area contributed by atoms with Crippen molar-refractivity contribution in [2.75, 3.05) is 7.11 Å². The molecule has 0 aliphatic carbocycles. The van der Waals surface area contributed by atoms with Crippen LogP contribution in [0.2, 0.25) is 0 Å². The van der Waals surface area contributed by atoms with Gasteiger partial charge >= 0.3 is 5.97 Å². The van der Waals surface area contributed by atoms with Gasteiger partial charge in [0.2, 0.25) is 11.6 Å². The van der Waals surface area contributed by atoms with E-state index in [-0.39, 0.29) is 18.2 Å². The minimum atomic E-state index is -0.647. The monoisotopic (exact) mass is 376 g/mol. The highest BCUT2D eigenvalue weighted by molar-refractivity contribution is 5.90. The summed E-state index contributed by atoms with van der Waals surface area (Å²) in [6, 6.07) is 18.7. The third kappa shape index (κ3) is 3.61. The average molecular weight is 376 g/mol. The highest BCUT2D eigenvalue weighted by Gasteiger charge is 2.21. The van der Waals surface area contributed by atoms with Crippen LogP contribution in [0, 0.1) is 0 Å². The van der Waals surface area contributed by atoms with E-state index in [0.29, 0.717) is 11.6 Å². The molecule has 28 heavy (non-hydrogen) atoms. The highest BCUT2D eigenvalue weighted by Crippen LogP contribution is 2.21. The first kappa shape index (κ1) is 17.5. The largest absolute Gasteiger partial charge is 0.493 e. The van der Waals surface area contributed by atoms with E-state index in [9.17, 15) is 4.79 Å². The summed E-state index contributed by atoms with van der Waals surface area (Å²) in [6.07, 6.45) is 1.62. The van der Waals surface area contributed by atoms with Crippen LogP contribution < -0.4 is 4.74 Å². The molecule has 0 fully saturated rings. The van der Waals surface area contributed by atoms with Crippen molar-refractivity contribution in [2.45, 2.75) is 6.61 Å². The molecule has 4 rings (SSSR count). The molecule has 0 unspecified atom stereocenters. The van der Waals surface area contributed by atoms with Gasteiger partial charge in [0.1, 0.15) is 0 Å². The summed E-state index contributed by atoms with van der Waals surface area (Å²) in [4.78, 5) is 12.5. The molecule has 2 aromatic carbocycles. The maximum Gasteiger partial charge on any atom is 0.363 e. The zero-order valence-electron chi connectivity index (χ0n) is 15.0. The number of nitrogens with zero attached hydrogens (tertiary/aromatic N) is 4. The van der Waals surface area contributed by atoms with Gasteiger partial charge in [-0.05, 0) is 24.3 Å².